The molecule has 1 rings (SSSR count). The molecule has 1 aromatic rings. The van der Waals surface area contributed by atoms with Crippen molar-refractivity contribution in [3.8, 4) is 5.75 Å². The van der Waals surface area contributed by atoms with Crippen molar-refractivity contribution < 1.29 is 9.66 Å². The van der Waals surface area contributed by atoms with Crippen LogP contribution in [0.4, 0.5) is 5.69 Å². The van der Waals surface area contributed by atoms with E-state index in [0.29, 0.717) is 43.8 Å². The molecule has 0 bridgehead atoms. The third-order valence-corrected chi connectivity index (χ3v) is 3.52. The van der Waals surface area contributed by atoms with Gasteiger partial charge in [-0.2, -0.15) is 0 Å². The van der Waals surface area contributed by atoms with Crippen molar-refractivity contribution in [2.75, 3.05) is 31.5 Å². The Balaban J connectivity index is 2.84. The summed E-state index contributed by atoms with van der Waals surface area (Å²) in [6.07, 6.45) is 1.86. The summed E-state index contributed by atoms with van der Waals surface area (Å²) in [5.74, 6) is 1.32. The zero-order valence-corrected chi connectivity index (χ0v) is 14.3. The van der Waals surface area contributed by atoms with Gasteiger partial charge in [0.15, 0.2) is 5.75 Å². The van der Waals surface area contributed by atoms with Crippen molar-refractivity contribution in [1.82, 2.24) is 4.90 Å². The van der Waals surface area contributed by atoms with Crippen LogP contribution >= 0.6 is 23.2 Å². The van der Waals surface area contributed by atoms with Crippen LogP contribution < -0.4 is 4.74 Å². The first-order chi connectivity index (χ1) is 10.6. The van der Waals surface area contributed by atoms with Crippen LogP contribution in [0.1, 0.15) is 25.3 Å². The highest BCUT2D eigenvalue weighted by Crippen LogP contribution is 2.28. The van der Waals surface area contributed by atoms with E-state index in [1.807, 2.05) is 13.0 Å². The maximum absolute atomic E-state index is 11.2. The molecule has 0 saturated heterocycles. The summed E-state index contributed by atoms with van der Waals surface area (Å²) in [7, 11) is 0. The van der Waals surface area contributed by atoms with E-state index in [4.69, 9.17) is 27.9 Å². The van der Waals surface area contributed by atoms with Crippen LogP contribution in [0.25, 0.3) is 0 Å². The van der Waals surface area contributed by atoms with Crippen LogP contribution in [0.3, 0.4) is 0 Å². The Morgan fingerprint density at radius 2 is 1.95 bits per heavy atom. The number of ether oxygens (including phenoxy) is 1. The van der Waals surface area contributed by atoms with E-state index in [9.17, 15) is 10.1 Å². The fourth-order valence-electron chi connectivity index (χ4n) is 2.02. The Morgan fingerprint density at radius 1 is 1.27 bits per heavy atom. The number of hydrogen-bond donors (Lipinski definition) is 0. The monoisotopic (exact) mass is 348 g/mol. The van der Waals surface area contributed by atoms with Crippen LogP contribution in [0.2, 0.25) is 0 Å². The zero-order chi connectivity index (χ0) is 16.4. The van der Waals surface area contributed by atoms with Gasteiger partial charge in [-0.1, -0.05) is 19.4 Å². The van der Waals surface area contributed by atoms with Gasteiger partial charge in [-0.25, -0.2) is 0 Å². The number of nitro benzene ring substituents is 1. The Kier molecular flexibility index (Phi) is 9.20. The number of hydrogen-bond acceptors (Lipinski definition) is 4. The maximum Gasteiger partial charge on any atom is 0.311 e. The summed E-state index contributed by atoms with van der Waals surface area (Å²) >= 11 is 11.5. The summed E-state index contributed by atoms with van der Waals surface area (Å²) in [5.41, 5.74) is 0.857. The second kappa shape index (κ2) is 10.6. The first-order valence-corrected chi connectivity index (χ1v) is 8.43. The minimum absolute atomic E-state index is 0.00491. The Hall–Kier alpha value is -1.04. The molecular formula is C15H22Cl2N2O3. The lowest BCUT2D eigenvalue weighted by Gasteiger charge is -2.20. The Bertz CT molecular complexity index is 466. The van der Waals surface area contributed by atoms with E-state index in [2.05, 4.69) is 4.90 Å². The minimum atomic E-state index is -0.405. The van der Waals surface area contributed by atoms with Crippen molar-refractivity contribution >= 4 is 28.9 Å². The number of nitro groups is 1. The molecule has 124 valence electrons. The molecule has 0 N–H and O–H groups in total. The van der Waals surface area contributed by atoms with Gasteiger partial charge in [0.25, 0.3) is 0 Å². The van der Waals surface area contributed by atoms with Gasteiger partial charge in [-0.05, 0) is 18.1 Å². The molecule has 0 atom stereocenters. The molecule has 0 unspecified atom stereocenters. The fourth-order valence-corrected chi connectivity index (χ4v) is 2.50. The summed E-state index contributed by atoms with van der Waals surface area (Å²) in [4.78, 5) is 12.9. The summed E-state index contributed by atoms with van der Waals surface area (Å²) in [6.45, 7) is 4.49. The molecular weight excluding hydrogens is 327 g/mol. The minimum Gasteiger partial charge on any atom is -0.487 e. The summed E-state index contributed by atoms with van der Waals surface area (Å²) < 4.78 is 5.50. The molecule has 0 fully saturated rings. The van der Waals surface area contributed by atoms with Gasteiger partial charge in [0.2, 0.25) is 0 Å². The molecule has 0 spiro atoms. The summed E-state index contributed by atoms with van der Waals surface area (Å²) in [6, 6.07) is 5.09. The van der Waals surface area contributed by atoms with Gasteiger partial charge in [0.1, 0.15) is 0 Å². The standard InChI is InChI=1S/C15H22Cl2N2O3/c1-2-3-10-22-15-5-4-13(11-14(15)19(20)21)12-18(8-6-16)9-7-17/h4-5,11H,2-3,6-10,12H2,1H3. The first-order valence-electron chi connectivity index (χ1n) is 7.36. The average Bonchev–Trinajstić information content (AvgIpc) is 2.49. The molecule has 0 aromatic heterocycles. The maximum atomic E-state index is 11.2. The zero-order valence-electron chi connectivity index (χ0n) is 12.8. The van der Waals surface area contributed by atoms with E-state index in [-0.39, 0.29) is 5.69 Å². The Labute approximate surface area is 141 Å². The molecule has 0 amide bonds. The molecule has 7 heteroatoms. The molecule has 1 aromatic carbocycles. The molecule has 5 nitrogen and oxygen atoms in total. The van der Waals surface area contributed by atoms with Crippen LogP contribution in [0.5, 0.6) is 5.75 Å². The quantitative estimate of drug-likeness (QED) is 0.262. The van der Waals surface area contributed by atoms with Crippen molar-refractivity contribution in [2.24, 2.45) is 0 Å². The van der Waals surface area contributed by atoms with E-state index in [1.165, 1.54) is 0 Å². The number of rotatable bonds is 11. The second-order valence-corrected chi connectivity index (χ2v) is 5.67. The van der Waals surface area contributed by atoms with E-state index < -0.39 is 4.92 Å². The van der Waals surface area contributed by atoms with Crippen LogP contribution in [0.15, 0.2) is 18.2 Å². The van der Waals surface area contributed by atoms with Gasteiger partial charge in [0.05, 0.1) is 11.5 Å². The smallest absolute Gasteiger partial charge is 0.311 e. The molecule has 0 aliphatic carbocycles. The first kappa shape index (κ1) is 19.0. The van der Waals surface area contributed by atoms with Gasteiger partial charge < -0.3 is 4.74 Å². The SMILES string of the molecule is CCCCOc1ccc(CN(CCCl)CCCl)cc1[N+](=O)[O-]. The largest absolute Gasteiger partial charge is 0.487 e. The van der Waals surface area contributed by atoms with E-state index in [1.54, 1.807) is 12.1 Å². The van der Waals surface area contributed by atoms with Gasteiger partial charge >= 0.3 is 5.69 Å². The third-order valence-electron chi connectivity index (χ3n) is 3.18. The van der Waals surface area contributed by atoms with Crippen LogP contribution in [-0.4, -0.2) is 41.3 Å². The molecule has 0 aliphatic rings. The second-order valence-electron chi connectivity index (χ2n) is 4.92. The van der Waals surface area contributed by atoms with Crippen molar-refractivity contribution in [3.63, 3.8) is 0 Å². The highest BCUT2D eigenvalue weighted by molar-refractivity contribution is 6.18. The molecule has 0 aliphatic heterocycles. The normalized spacial score (nSPS) is 10.9. The lowest BCUT2D eigenvalue weighted by atomic mass is 10.1. The van der Waals surface area contributed by atoms with Gasteiger partial charge in [0, 0.05) is 37.5 Å². The number of unbranched alkanes of at least 4 members (excludes halogenated alkanes) is 1. The number of halogens is 2. The number of alkyl halides is 2. The van der Waals surface area contributed by atoms with E-state index in [0.717, 1.165) is 18.4 Å². The van der Waals surface area contributed by atoms with Crippen LogP contribution in [0, 0.1) is 10.1 Å². The lowest BCUT2D eigenvalue weighted by molar-refractivity contribution is -0.385. The average molecular weight is 349 g/mol. The van der Waals surface area contributed by atoms with E-state index >= 15 is 0 Å². The predicted octanol–water partition coefficient (Wildman–Crippen LogP) is 4.05. The topological polar surface area (TPSA) is 55.6 Å². The third kappa shape index (κ3) is 6.38. The Morgan fingerprint density at radius 3 is 2.50 bits per heavy atom. The summed E-state index contributed by atoms with van der Waals surface area (Å²) in [5, 5.41) is 11.2. The number of benzene rings is 1. The molecule has 0 radical (unpaired) electrons. The number of nitrogens with zero attached hydrogens (tertiary/aromatic N) is 2. The van der Waals surface area contributed by atoms with Gasteiger partial charge in [-0.3, -0.25) is 15.0 Å². The molecule has 0 saturated carbocycles. The fraction of sp³-hybridized carbons (Fsp3) is 0.600. The molecule has 22 heavy (non-hydrogen) atoms. The highest BCUT2D eigenvalue weighted by atomic mass is 35.5. The predicted molar refractivity (Wildman–Crippen MR) is 90.2 cm³/mol. The molecule has 0 heterocycles. The highest BCUT2D eigenvalue weighted by Gasteiger charge is 2.17. The van der Waals surface area contributed by atoms with Crippen molar-refractivity contribution in [2.45, 2.75) is 26.3 Å². The van der Waals surface area contributed by atoms with Crippen LogP contribution in [-0.2, 0) is 6.54 Å². The van der Waals surface area contributed by atoms with Crippen molar-refractivity contribution in [1.29, 1.82) is 0 Å². The van der Waals surface area contributed by atoms with Gasteiger partial charge in [-0.15, -0.1) is 23.2 Å². The van der Waals surface area contributed by atoms with Crippen molar-refractivity contribution in [3.05, 3.63) is 33.9 Å². The lowest BCUT2D eigenvalue weighted by Crippen LogP contribution is -2.27.